The monoisotopic (exact) mass is 446 g/mol. The number of amides is 1. The van der Waals surface area contributed by atoms with Crippen molar-refractivity contribution in [1.82, 2.24) is 19.0 Å². The zero-order valence-electron chi connectivity index (χ0n) is 17.1. The molecule has 0 atom stereocenters. The first kappa shape index (κ1) is 21.1. The number of aromatic nitrogens is 2. The van der Waals surface area contributed by atoms with E-state index >= 15 is 0 Å². The maximum absolute atomic E-state index is 13.1. The van der Waals surface area contributed by atoms with Crippen LogP contribution in [0.25, 0.3) is 11.0 Å². The second kappa shape index (κ2) is 8.16. The number of ether oxygens (including phenoxy) is 1. The summed E-state index contributed by atoms with van der Waals surface area (Å²) in [6.07, 6.45) is 3.19. The average molecular weight is 446 g/mol. The molecule has 31 heavy (non-hydrogen) atoms. The topological polar surface area (TPSA) is 115 Å². The molecule has 3 aromatic rings. The van der Waals surface area contributed by atoms with E-state index in [9.17, 15) is 18.0 Å². The van der Waals surface area contributed by atoms with Crippen LogP contribution in [-0.2, 0) is 17.1 Å². The molecule has 164 valence electrons. The number of aryl methyl sites for hydroxylation is 1. The molecule has 0 spiro atoms. The van der Waals surface area contributed by atoms with E-state index in [0.29, 0.717) is 24.1 Å². The standard InChI is InChI=1S/C20H22N4O6S/c1-22-13-15(12-21-22)31(27,28)24-8-4-7-23(9-10-24)19(25)16-11-14-5-3-6-17(29-2)18(14)30-20(16)26/h3,5-6,11-13H,4,7-10H2,1-2H3. The molecule has 0 bridgehead atoms. The fourth-order valence-corrected chi connectivity index (χ4v) is 5.07. The highest BCUT2D eigenvalue weighted by Gasteiger charge is 2.30. The molecule has 0 radical (unpaired) electrons. The van der Waals surface area contributed by atoms with E-state index in [2.05, 4.69) is 5.10 Å². The Morgan fingerprint density at radius 1 is 1.19 bits per heavy atom. The molecule has 0 aliphatic carbocycles. The minimum absolute atomic E-state index is 0.0932. The van der Waals surface area contributed by atoms with Gasteiger partial charge in [0.25, 0.3) is 5.91 Å². The van der Waals surface area contributed by atoms with Crippen LogP contribution in [0.4, 0.5) is 0 Å². The van der Waals surface area contributed by atoms with Crippen molar-refractivity contribution in [2.45, 2.75) is 11.3 Å². The number of carbonyl (C=O) groups excluding carboxylic acids is 1. The normalized spacial score (nSPS) is 15.7. The number of fused-ring (bicyclic) bond motifs is 1. The summed E-state index contributed by atoms with van der Waals surface area (Å²) in [6, 6.07) is 6.62. The Morgan fingerprint density at radius 2 is 2.00 bits per heavy atom. The number of hydrogen-bond donors (Lipinski definition) is 0. The van der Waals surface area contributed by atoms with Crippen LogP contribution >= 0.6 is 0 Å². The second-order valence-corrected chi connectivity index (χ2v) is 9.16. The van der Waals surface area contributed by atoms with Crippen LogP contribution in [0, 0.1) is 0 Å². The van der Waals surface area contributed by atoms with E-state index in [1.54, 1.807) is 25.2 Å². The van der Waals surface area contributed by atoms with Gasteiger partial charge in [0.1, 0.15) is 10.5 Å². The quantitative estimate of drug-likeness (QED) is 0.551. The molecule has 1 saturated heterocycles. The van der Waals surface area contributed by atoms with Crippen LogP contribution in [0.1, 0.15) is 16.8 Å². The van der Waals surface area contributed by atoms with Crippen molar-refractivity contribution in [1.29, 1.82) is 0 Å². The molecule has 1 aliphatic rings. The predicted octanol–water partition coefficient (Wildman–Crippen LogP) is 1.07. The van der Waals surface area contributed by atoms with E-state index in [0.717, 1.165) is 0 Å². The largest absolute Gasteiger partial charge is 0.493 e. The Balaban J connectivity index is 1.57. The predicted molar refractivity (Wildman–Crippen MR) is 112 cm³/mol. The summed E-state index contributed by atoms with van der Waals surface area (Å²) in [4.78, 5) is 27.1. The molecule has 2 aromatic heterocycles. The van der Waals surface area contributed by atoms with Crippen molar-refractivity contribution in [3.8, 4) is 5.75 Å². The van der Waals surface area contributed by atoms with Crippen LogP contribution in [0.2, 0.25) is 0 Å². The van der Waals surface area contributed by atoms with Gasteiger partial charge >= 0.3 is 5.63 Å². The lowest BCUT2D eigenvalue weighted by atomic mass is 10.1. The highest BCUT2D eigenvalue weighted by atomic mass is 32.2. The van der Waals surface area contributed by atoms with E-state index in [1.165, 1.54) is 39.5 Å². The Bertz CT molecular complexity index is 1300. The lowest BCUT2D eigenvalue weighted by Crippen LogP contribution is -2.38. The Kier molecular flexibility index (Phi) is 5.54. The van der Waals surface area contributed by atoms with Gasteiger partial charge in [0.05, 0.1) is 13.3 Å². The second-order valence-electron chi connectivity index (χ2n) is 7.23. The maximum Gasteiger partial charge on any atom is 0.349 e. The lowest BCUT2D eigenvalue weighted by molar-refractivity contribution is 0.0760. The molecule has 3 heterocycles. The minimum atomic E-state index is -3.71. The molecule has 1 aliphatic heterocycles. The molecule has 1 aromatic carbocycles. The molecular formula is C20H22N4O6S. The first-order chi connectivity index (χ1) is 14.8. The van der Waals surface area contributed by atoms with Gasteiger partial charge in [-0.15, -0.1) is 0 Å². The van der Waals surface area contributed by atoms with Gasteiger partial charge in [0.15, 0.2) is 11.3 Å². The highest BCUT2D eigenvalue weighted by Crippen LogP contribution is 2.25. The van der Waals surface area contributed by atoms with E-state index in [1.807, 2.05) is 0 Å². The fourth-order valence-electron chi connectivity index (χ4n) is 3.62. The number of nitrogens with zero attached hydrogens (tertiary/aromatic N) is 4. The minimum Gasteiger partial charge on any atom is -0.493 e. The molecule has 4 rings (SSSR count). The summed E-state index contributed by atoms with van der Waals surface area (Å²) in [7, 11) is -0.591. The highest BCUT2D eigenvalue weighted by molar-refractivity contribution is 7.89. The summed E-state index contributed by atoms with van der Waals surface area (Å²) in [5.41, 5.74) is -0.577. The molecule has 0 N–H and O–H groups in total. The zero-order valence-corrected chi connectivity index (χ0v) is 18.0. The van der Waals surface area contributed by atoms with Gasteiger partial charge in [0, 0.05) is 44.8 Å². The number of sulfonamides is 1. The van der Waals surface area contributed by atoms with Crippen molar-refractivity contribution in [3.63, 3.8) is 0 Å². The van der Waals surface area contributed by atoms with Crippen LogP contribution in [0.5, 0.6) is 5.75 Å². The third kappa shape index (κ3) is 3.93. The summed E-state index contributed by atoms with van der Waals surface area (Å²) < 4.78 is 39.0. The third-order valence-corrected chi connectivity index (χ3v) is 7.09. The first-order valence-corrected chi connectivity index (χ1v) is 11.1. The molecule has 0 unspecified atom stereocenters. The first-order valence-electron chi connectivity index (χ1n) is 9.70. The van der Waals surface area contributed by atoms with E-state index in [-0.39, 0.29) is 35.7 Å². The molecule has 0 saturated carbocycles. The van der Waals surface area contributed by atoms with Crippen LogP contribution in [-0.4, -0.2) is 66.6 Å². The lowest BCUT2D eigenvalue weighted by Gasteiger charge is -2.21. The van der Waals surface area contributed by atoms with Gasteiger partial charge in [0.2, 0.25) is 10.0 Å². The number of hydrogen-bond acceptors (Lipinski definition) is 7. The number of benzene rings is 1. The van der Waals surface area contributed by atoms with Gasteiger partial charge < -0.3 is 14.1 Å². The van der Waals surface area contributed by atoms with Gasteiger partial charge in [-0.05, 0) is 18.6 Å². The molecule has 1 fully saturated rings. The fraction of sp³-hybridized carbons (Fsp3) is 0.350. The summed E-state index contributed by atoms with van der Waals surface area (Å²) in [6.45, 7) is 0.877. The summed E-state index contributed by atoms with van der Waals surface area (Å²) in [5.74, 6) is -0.0845. The van der Waals surface area contributed by atoms with Crippen LogP contribution in [0.3, 0.4) is 0 Å². The van der Waals surface area contributed by atoms with Gasteiger partial charge in [-0.1, -0.05) is 12.1 Å². The Hall–Kier alpha value is -3.18. The van der Waals surface area contributed by atoms with Gasteiger partial charge in [-0.3, -0.25) is 9.48 Å². The summed E-state index contributed by atoms with van der Waals surface area (Å²) in [5, 5.41) is 4.49. The SMILES string of the molecule is COc1cccc2cc(C(=O)N3CCCN(S(=O)(=O)c4cnn(C)c4)CC3)c(=O)oc12. The third-order valence-electron chi connectivity index (χ3n) is 5.24. The molecule has 10 nitrogen and oxygen atoms in total. The maximum atomic E-state index is 13.1. The zero-order chi connectivity index (χ0) is 22.2. The summed E-state index contributed by atoms with van der Waals surface area (Å²) >= 11 is 0. The van der Waals surface area contributed by atoms with Gasteiger partial charge in [-0.2, -0.15) is 9.40 Å². The van der Waals surface area contributed by atoms with Crippen molar-refractivity contribution < 1.29 is 22.4 Å². The van der Waals surface area contributed by atoms with E-state index < -0.39 is 21.6 Å². The number of rotatable bonds is 4. The Morgan fingerprint density at radius 3 is 2.71 bits per heavy atom. The molecular weight excluding hydrogens is 424 g/mol. The number of para-hydroxylation sites is 1. The average Bonchev–Trinajstić information content (AvgIpc) is 3.05. The Labute approximate surface area is 178 Å². The number of methoxy groups -OCH3 is 1. The number of carbonyl (C=O) groups is 1. The van der Waals surface area contributed by atoms with Crippen LogP contribution in [0.15, 0.2) is 50.8 Å². The molecule has 1 amide bonds. The molecule has 11 heteroatoms. The van der Waals surface area contributed by atoms with Gasteiger partial charge in [-0.25, -0.2) is 13.2 Å². The van der Waals surface area contributed by atoms with Crippen LogP contribution < -0.4 is 10.4 Å². The van der Waals surface area contributed by atoms with E-state index in [4.69, 9.17) is 9.15 Å². The smallest absolute Gasteiger partial charge is 0.349 e. The van der Waals surface area contributed by atoms with Crippen molar-refractivity contribution in [2.24, 2.45) is 7.05 Å². The van der Waals surface area contributed by atoms with Crippen molar-refractivity contribution in [2.75, 3.05) is 33.3 Å². The van der Waals surface area contributed by atoms with Crippen molar-refractivity contribution in [3.05, 3.63) is 52.6 Å². The van der Waals surface area contributed by atoms with Crippen molar-refractivity contribution >= 4 is 26.9 Å².